The summed E-state index contributed by atoms with van der Waals surface area (Å²) in [5, 5.41) is 3.93. The van der Waals surface area contributed by atoms with E-state index in [0.29, 0.717) is 24.7 Å². The lowest BCUT2D eigenvalue weighted by atomic mass is 9.99. The Balaban J connectivity index is 1.29. The van der Waals surface area contributed by atoms with Gasteiger partial charge in [0.05, 0.1) is 17.0 Å². The maximum atomic E-state index is 12.4. The van der Waals surface area contributed by atoms with Gasteiger partial charge in [-0.15, -0.1) is 0 Å². The summed E-state index contributed by atoms with van der Waals surface area (Å²) in [6, 6.07) is 7.99. The van der Waals surface area contributed by atoms with Crippen LogP contribution in [0.3, 0.4) is 0 Å². The normalized spacial score (nSPS) is 18.1. The molecular formula is C18H18N4O2. The summed E-state index contributed by atoms with van der Waals surface area (Å²) in [4.78, 5) is 22.3. The maximum Gasteiger partial charge on any atom is 0.276 e. The van der Waals surface area contributed by atoms with Crippen molar-refractivity contribution >= 4 is 16.9 Å². The predicted octanol–water partition coefficient (Wildman–Crippen LogP) is 2.98. The van der Waals surface area contributed by atoms with Gasteiger partial charge >= 0.3 is 0 Å². The number of H-pyrrole nitrogens is 1. The molecule has 1 aliphatic carbocycles. The molecule has 0 bridgehead atoms. The van der Waals surface area contributed by atoms with Crippen LogP contribution in [0.2, 0.25) is 0 Å². The molecule has 1 N–H and O–H groups in total. The summed E-state index contributed by atoms with van der Waals surface area (Å²) in [5.74, 6) is 2.49. The number of likely N-dealkylation sites (tertiary alicyclic amines) is 1. The zero-order valence-corrected chi connectivity index (χ0v) is 13.5. The zero-order valence-electron chi connectivity index (χ0n) is 13.5. The number of benzene rings is 1. The summed E-state index contributed by atoms with van der Waals surface area (Å²) < 4.78 is 5.28. The number of aromatic amines is 1. The molecule has 24 heavy (non-hydrogen) atoms. The van der Waals surface area contributed by atoms with Crippen molar-refractivity contribution in [3.8, 4) is 0 Å². The zero-order chi connectivity index (χ0) is 16.3. The molecule has 1 saturated carbocycles. The Kier molecular flexibility index (Phi) is 2.83. The number of aryl methyl sites for hydroxylation is 1. The smallest absolute Gasteiger partial charge is 0.276 e. The van der Waals surface area contributed by atoms with Gasteiger partial charge in [-0.1, -0.05) is 11.2 Å². The fourth-order valence-corrected chi connectivity index (χ4v) is 3.27. The third-order valence-electron chi connectivity index (χ3n) is 4.94. The van der Waals surface area contributed by atoms with Crippen LogP contribution in [0, 0.1) is 6.92 Å². The van der Waals surface area contributed by atoms with E-state index in [-0.39, 0.29) is 11.8 Å². The number of fused-ring (bicyclic) bond motifs is 1. The van der Waals surface area contributed by atoms with Crippen molar-refractivity contribution in [2.45, 2.75) is 31.6 Å². The molecule has 0 radical (unpaired) electrons. The van der Waals surface area contributed by atoms with Crippen molar-refractivity contribution in [1.29, 1.82) is 0 Å². The first-order valence-corrected chi connectivity index (χ1v) is 8.39. The molecular weight excluding hydrogens is 304 g/mol. The van der Waals surface area contributed by atoms with Gasteiger partial charge in [0.2, 0.25) is 0 Å². The maximum absolute atomic E-state index is 12.4. The Morgan fingerprint density at radius 1 is 1.25 bits per heavy atom. The van der Waals surface area contributed by atoms with Crippen LogP contribution in [-0.4, -0.2) is 39.0 Å². The van der Waals surface area contributed by atoms with Crippen molar-refractivity contribution in [1.82, 2.24) is 20.0 Å². The van der Waals surface area contributed by atoms with Gasteiger partial charge in [0.1, 0.15) is 11.6 Å². The molecule has 1 amide bonds. The largest absolute Gasteiger partial charge is 0.360 e. The molecule has 122 valence electrons. The number of nitrogens with zero attached hydrogens (tertiary/aromatic N) is 3. The first-order valence-electron chi connectivity index (χ1n) is 8.39. The van der Waals surface area contributed by atoms with Gasteiger partial charge in [-0.2, -0.15) is 0 Å². The van der Waals surface area contributed by atoms with Crippen molar-refractivity contribution in [2.24, 2.45) is 0 Å². The summed E-state index contributed by atoms with van der Waals surface area (Å²) in [6.45, 7) is 3.41. The molecule has 1 saturated heterocycles. The van der Waals surface area contributed by atoms with Crippen LogP contribution >= 0.6 is 0 Å². The minimum absolute atomic E-state index is 0.0474. The van der Waals surface area contributed by atoms with E-state index in [0.717, 1.165) is 35.5 Å². The van der Waals surface area contributed by atoms with Crippen LogP contribution in [0.1, 0.15) is 52.3 Å². The molecule has 3 aromatic rings. The number of aromatic nitrogens is 3. The molecule has 6 heteroatoms. The van der Waals surface area contributed by atoms with Crippen molar-refractivity contribution in [3.63, 3.8) is 0 Å². The number of rotatable bonds is 3. The predicted molar refractivity (Wildman–Crippen MR) is 88.0 cm³/mol. The van der Waals surface area contributed by atoms with E-state index in [1.807, 2.05) is 6.07 Å². The van der Waals surface area contributed by atoms with Crippen molar-refractivity contribution in [3.05, 3.63) is 47.1 Å². The molecule has 1 aromatic carbocycles. The lowest BCUT2D eigenvalue weighted by Gasteiger charge is -2.37. The van der Waals surface area contributed by atoms with Crippen LogP contribution in [0.5, 0.6) is 0 Å². The van der Waals surface area contributed by atoms with E-state index in [2.05, 4.69) is 34.2 Å². The number of amides is 1. The Bertz CT molecular complexity index is 932. The third kappa shape index (κ3) is 2.21. The Morgan fingerprint density at radius 3 is 2.88 bits per heavy atom. The molecule has 2 aliphatic rings. The lowest BCUT2D eigenvalue weighted by molar-refractivity contribution is 0.0585. The number of hydrogen-bond donors (Lipinski definition) is 1. The number of hydrogen-bond acceptors (Lipinski definition) is 4. The van der Waals surface area contributed by atoms with Crippen molar-refractivity contribution < 1.29 is 9.32 Å². The summed E-state index contributed by atoms with van der Waals surface area (Å²) in [5.41, 5.74) is 3.67. The van der Waals surface area contributed by atoms with Crippen LogP contribution in [0.15, 0.2) is 28.8 Å². The molecule has 5 rings (SSSR count). The summed E-state index contributed by atoms with van der Waals surface area (Å²) in [7, 11) is 0. The molecule has 0 spiro atoms. The summed E-state index contributed by atoms with van der Waals surface area (Å²) in [6.07, 6.45) is 2.28. The average Bonchev–Trinajstić information content (AvgIpc) is 3.10. The minimum Gasteiger partial charge on any atom is -0.360 e. The van der Waals surface area contributed by atoms with Gasteiger partial charge in [0.25, 0.3) is 5.91 Å². The van der Waals surface area contributed by atoms with Gasteiger partial charge < -0.3 is 14.4 Å². The number of nitrogens with one attached hydrogen (secondary N) is 1. The van der Waals surface area contributed by atoms with E-state index < -0.39 is 0 Å². The average molecular weight is 322 g/mol. The Hall–Kier alpha value is -2.63. The molecule has 0 atom stereocenters. The molecule has 2 aromatic heterocycles. The van der Waals surface area contributed by atoms with Gasteiger partial charge in [-0.3, -0.25) is 4.79 Å². The standard InChI is InChI=1S/C18H18N4O2/c1-10-2-5-13-14(6-10)20-17(19-13)12-8-22(9-12)18(23)15-7-16(24-21-15)11-3-4-11/h2,5-7,11-12H,3-4,8-9H2,1H3,(H,19,20). The molecule has 1 aliphatic heterocycles. The topological polar surface area (TPSA) is 75.0 Å². The Labute approximate surface area is 138 Å². The first-order chi connectivity index (χ1) is 11.7. The second kappa shape index (κ2) is 4.93. The minimum atomic E-state index is -0.0474. The fourth-order valence-electron chi connectivity index (χ4n) is 3.27. The van der Waals surface area contributed by atoms with E-state index in [4.69, 9.17) is 4.52 Å². The quantitative estimate of drug-likeness (QED) is 0.804. The first kappa shape index (κ1) is 13.8. The summed E-state index contributed by atoms with van der Waals surface area (Å²) >= 11 is 0. The second-order valence-corrected chi connectivity index (χ2v) is 6.94. The van der Waals surface area contributed by atoms with Gasteiger partial charge in [-0.25, -0.2) is 4.98 Å². The van der Waals surface area contributed by atoms with Crippen LogP contribution in [0.25, 0.3) is 11.0 Å². The van der Waals surface area contributed by atoms with Crippen LogP contribution in [-0.2, 0) is 0 Å². The van der Waals surface area contributed by atoms with Crippen LogP contribution < -0.4 is 0 Å². The number of carbonyl (C=O) groups is 1. The highest BCUT2D eigenvalue weighted by Crippen LogP contribution is 2.40. The highest BCUT2D eigenvalue weighted by atomic mass is 16.5. The second-order valence-electron chi connectivity index (χ2n) is 6.94. The third-order valence-corrected chi connectivity index (χ3v) is 4.94. The van der Waals surface area contributed by atoms with Gasteiger partial charge in [-0.05, 0) is 37.5 Å². The van der Waals surface area contributed by atoms with Gasteiger partial charge in [0.15, 0.2) is 5.69 Å². The lowest BCUT2D eigenvalue weighted by Crippen LogP contribution is -2.48. The fraction of sp³-hybridized carbons (Fsp3) is 0.389. The number of carbonyl (C=O) groups excluding carboxylic acids is 1. The van der Waals surface area contributed by atoms with E-state index in [1.54, 1.807) is 11.0 Å². The highest BCUT2D eigenvalue weighted by molar-refractivity contribution is 5.93. The van der Waals surface area contributed by atoms with E-state index >= 15 is 0 Å². The molecule has 0 unspecified atom stereocenters. The monoisotopic (exact) mass is 322 g/mol. The van der Waals surface area contributed by atoms with E-state index in [1.165, 1.54) is 5.56 Å². The molecule has 3 heterocycles. The number of imidazole rings is 1. The SMILES string of the molecule is Cc1ccc2nc(C3CN(C(=O)c4cc(C5CC5)on4)C3)[nH]c2c1. The highest BCUT2D eigenvalue weighted by Gasteiger charge is 2.36. The van der Waals surface area contributed by atoms with Crippen molar-refractivity contribution in [2.75, 3.05) is 13.1 Å². The molecule has 2 fully saturated rings. The van der Waals surface area contributed by atoms with Crippen LogP contribution in [0.4, 0.5) is 0 Å². The van der Waals surface area contributed by atoms with E-state index in [9.17, 15) is 4.79 Å². The Morgan fingerprint density at radius 2 is 2.08 bits per heavy atom. The molecule has 6 nitrogen and oxygen atoms in total. The van der Waals surface area contributed by atoms with Gasteiger partial charge in [0, 0.05) is 25.1 Å².